The Morgan fingerprint density at radius 1 is 1.15 bits per heavy atom. The first kappa shape index (κ1) is 20.0. The van der Waals surface area contributed by atoms with Crippen molar-refractivity contribution in [2.24, 2.45) is 5.10 Å². The van der Waals surface area contributed by atoms with E-state index in [4.69, 9.17) is 11.6 Å². The topological polar surface area (TPSA) is 90.4 Å². The normalized spacial score (nSPS) is 12.6. The minimum absolute atomic E-state index is 0.00591. The number of hydrogen-bond donors (Lipinski definition) is 3. The minimum Gasteiger partial charge on any atom is -0.507 e. The van der Waals surface area contributed by atoms with Crippen molar-refractivity contribution in [3.8, 4) is 5.75 Å². The number of rotatable bonds is 3. The third kappa shape index (κ3) is 4.43. The molecule has 0 amide bonds. The number of H-pyrrole nitrogens is 1. The van der Waals surface area contributed by atoms with Gasteiger partial charge >= 0.3 is 0 Å². The Morgan fingerprint density at radius 3 is 2.19 bits per heavy atom. The van der Waals surface area contributed by atoms with E-state index in [1.807, 2.05) is 12.1 Å². The van der Waals surface area contributed by atoms with Gasteiger partial charge in [-0.2, -0.15) is 10.2 Å². The molecule has 0 fully saturated rings. The van der Waals surface area contributed by atoms with Gasteiger partial charge in [-0.15, -0.1) is 0 Å². The molecule has 26 heavy (non-hydrogen) atoms. The van der Waals surface area contributed by atoms with Crippen molar-refractivity contribution >= 4 is 23.5 Å². The molecule has 0 saturated carbocycles. The average Bonchev–Trinajstić information content (AvgIpc) is 2.50. The number of aromatic hydroxyl groups is 1. The van der Waals surface area contributed by atoms with Gasteiger partial charge in [0.25, 0.3) is 5.56 Å². The number of aromatic nitrogens is 2. The van der Waals surface area contributed by atoms with Crippen LogP contribution in [0, 0.1) is 0 Å². The Labute approximate surface area is 158 Å². The molecule has 1 aromatic heterocycles. The summed E-state index contributed by atoms with van der Waals surface area (Å²) < 4.78 is 0. The second kappa shape index (κ2) is 7.11. The summed E-state index contributed by atoms with van der Waals surface area (Å²) in [6.45, 7) is 12.3. The predicted molar refractivity (Wildman–Crippen MR) is 107 cm³/mol. The summed E-state index contributed by atoms with van der Waals surface area (Å²) in [7, 11) is 0. The number of halogens is 1. The highest BCUT2D eigenvalue weighted by molar-refractivity contribution is 6.32. The van der Waals surface area contributed by atoms with Crippen LogP contribution in [0.5, 0.6) is 5.75 Å². The Hall–Kier alpha value is -2.34. The molecule has 0 aliphatic rings. The zero-order chi connectivity index (χ0) is 19.7. The van der Waals surface area contributed by atoms with E-state index >= 15 is 0 Å². The van der Waals surface area contributed by atoms with E-state index in [9.17, 15) is 9.90 Å². The van der Waals surface area contributed by atoms with Gasteiger partial charge in [0.2, 0.25) is 0 Å². The molecule has 0 bridgehead atoms. The highest BCUT2D eigenvalue weighted by atomic mass is 35.5. The molecule has 3 N–H and O–H groups in total. The molecule has 2 aromatic rings. The molecule has 0 aliphatic carbocycles. The van der Waals surface area contributed by atoms with Gasteiger partial charge in [-0.1, -0.05) is 53.1 Å². The van der Waals surface area contributed by atoms with Crippen molar-refractivity contribution in [2.45, 2.75) is 52.4 Å². The number of hydrogen-bond acceptors (Lipinski definition) is 5. The number of benzene rings is 1. The van der Waals surface area contributed by atoms with Crippen LogP contribution in [-0.4, -0.2) is 21.5 Å². The fourth-order valence-corrected chi connectivity index (χ4v) is 2.65. The third-order valence-corrected chi connectivity index (χ3v) is 4.32. The second-order valence-electron chi connectivity index (χ2n) is 8.26. The first-order chi connectivity index (χ1) is 11.9. The van der Waals surface area contributed by atoms with Gasteiger partial charge in [0.15, 0.2) is 0 Å². The van der Waals surface area contributed by atoms with Crippen LogP contribution in [0.3, 0.4) is 0 Å². The van der Waals surface area contributed by atoms with Gasteiger partial charge in [0, 0.05) is 11.1 Å². The third-order valence-electron chi connectivity index (χ3n) is 3.94. The van der Waals surface area contributed by atoms with Crippen LogP contribution in [0.1, 0.15) is 58.2 Å². The average molecular weight is 377 g/mol. The van der Waals surface area contributed by atoms with Crippen molar-refractivity contribution in [2.75, 3.05) is 5.43 Å². The lowest BCUT2D eigenvalue weighted by Gasteiger charge is -2.27. The molecule has 2 rings (SSSR count). The van der Waals surface area contributed by atoms with Gasteiger partial charge in [-0.25, -0.2) is 5.10 Å². The largest absolute Gasteiger partial charge is 0.507 e. The zero-order valence-corrected chi connectivity index (χ0v) is 16.7. The zero-order valence-electron chi connectivity index (χ0n) is 15.9. The lowest BCUT2D eigenvalue weighted by atomic mass is 9.78. The maximum Gasteiger partial charge on any atom is 0.285 e. The number of hydrazone groups is 1. The van der Waals surface area contributed by atoms with Crippen LogP contribution >= 0.6 is 11.6 Å². The quantitative estimate of drug-likeness (QED) is 0.554. The molecular weight excluding hydrogens is 352 g/mol. The van der Waals surface area contributed by atoms with Gasteiger partial charge in [-0.05, 0) is 28.5 Å². The fourth-order valence-electron chi connectivity index (χ4n) is 2.51. The molecule has 0 saturated heterocycles. The molecule has 0 radical (unpaired) electrons. The van der Waals surface area contributed by atoms with Crippen molar-refractivity contribution in [1.29, 1.82) is 0 Å². The Morgan fingerprint density at radius 2 is 1.69 bits per heavy atom. The summed E-state index contributed by atoms with van der Waals surface area (Å²) >= 11 is 5.91. The molecule has 0 unspecified atom stereocenters. The first-order valence-corrected chi connectivity index (χ1v) is 8.69. The van der Waals surface area contributed by atoms with Crippen LogP contribution in [0.4, 0.5) is 5.69 Å². The minimum atomic E-state index is -0.485. The van der Waals surface area contributed by atoms with Crippen LogP contribution in [0.2, 0.25) is 5.02 Å². The number of phenols is 1. The van der Waals surface area contributed by atoms with E-state index in [-0.39, 0.29) is 15.9 Å². The maximum absolute atomic E-state index is 11.5. The van der Waals surface area contributed by atoms with Gasteiger partial charge in [0.1, 0.15) is 16.5 Å². The Bertz CT molecular complexity index is 855. The van der Waals surface area contributed by atoms with Gasteiger partial charge < -0.3 is 5.11 Å². The van der Waals surface area contributed by atoms with E-state index in [1.54, 1.807) is 6.21 Å². The number of aromatic amines is 1. The molecule has 140 valence electrons. The first-order valence-electron chi connectivity index (χ1n) is 8.31. The summed E-state index contributed by atoms with van der Waals surface area (Å²) in [5.74, 6) is 0.317. The smallest absolute Gasteiger partial charge is 0.285 e. The molecule has 0 atom stereocenters. The highest BCUT2D eigenvalue weighted by Crippen LogP contribution is 2.39. The van der Waals surface area contributed by atoms with Gasteiger partial charge in [-0.3, -0.25) is 10.2 Å². The van der Waals surface area contributed by atoms with Crippen molar-refractivity contribution < 1.29 is 5.11 Å². The number of phenolic OH excluding ortho intramolecular Hbond substituents is 1. The fraction of sp³-hybridized carbons (Fsp3) is 0.421. The molecule has 6 nitrogen and oxygen atoms in total. The van der Waals surface area contributed by atoms with E-state index in [0.29, 0.717) is 11.4 Å². The molecule has 1 aromatic carbocycles. The maximum atomic E-state index is 11.5. The number of nitrogens with zero attached hydrogens (tertiary/aromatic N) is 2. The SMILES string of the molecule is CC(C)(C)c1cc(/C=N/Nc2cn[nH]c(=O)c2Cl)cc(C(C)(C)C)c1O. The summed E-state index contributed by atoms with van der Waals surface area (Å²) in [6, 6.07) is 3.82. The van der Waals surface area contributed by atoms with E-state index in [1.165, 1.54) is 6.20 Å². The molecule has 7 heteroatoms. The number of nitrogens with one attached hydrogen (secondary N) is 2. The van der Waals surface area contributed by atoms with E-state index < -0.39 is 5.56 Å². The monoisotopic (exact) mass is 376 g/mol. The summed E-state index contributed by atoms with van der Waals surface area (Å²) in [4.78, 5) is 11.5. The van der Waals surface area contributed by atoms with Gasteiger partial charge in [0.05, 0.1) is 12.4 Å². The van der Waals surface area contributed by atoms with Crippen molar-refractivity contribution in [1.82, 2.24) is 10.2 Å². The van der Waals surface area contributed by atoms with Crippen LogP contribution in [-0.2, 0) is 10.8 Å². The lowest BCUT2D eigenvalue weighted by molar-refractivity contribution is 0.423. The summed E-state index contributed by atoms with van der Waals surface area (Å²) in [5.41, 5.74) is 4.65. The summed E-state index contributed by atoms with van der Waals surface area (Å²) in [5, 5.41) is 20.8. The molecule has 0 aliphatic heterocycles. The number of anilines is 1. The predicted octanol–water partition coefficient (Wildman–Crippen LogP) is 4.17. The van der Waals surface area contributed by atoms with Crippen LogP contribution in [0.15, 0.2) is 28.2 Å². The van der Waals surface area contributed by atoms with E-state index in [0.717, 1.165) is 16.7 Å². The van der Waals surface area contributed by atoms with Crippen molar-refractivity contribution in [3.05, 3.63) is 50.4 Å². The molecule has 1 heterocycles. The van der Waals surface area contributed by atoms with Crippen molar-refractivity contribution in [3.63, 3.8) is 0 Å². The standard InChI is InChI=1S/C19H25ClN4O2/c1-18(2,3)12-7-11(8-13(16(12)25)19(4,5)6)9-21-23-14-10-22-24-17(26)15(14)20/h7-10,25H,1-6H3,(H2,23,24,26)/b21-9+. The lowest BCUT2D eigenvalue weighted by Crippen LogP contribution is -2.18. The Kier molecular flexibility index (Phi) is 5.47. The summed E-state index contributed by atoms with van der Waals surface area (Å²) in [6.07, 6.45) is 3.01. The molecular formula is C19H25ClN4O2. The molecule has 0 spiro atoms. The van der Waals surface area contributed by atoms with E-state index in [2.05, 4.69) is 62.3 Å². The second-order valence-corrected chi connectivity index (χ2v) is 8.64. The Balaban J connectivity index is 2.43. The highest BCUT2D eigenvalue weighted by Gasteiger charge is 2.26. The van der Waals surface area contributed by atoms with Crippen LogP contribution < -0.4 is 11.0 Å². The van der Waals surface area contributed by atoms with Crippen LogP contribution in [0.25, 0.3) is 0 Å².